The van der Waals surface area contributed by atoms with Crippen LogP contribution in [0.25, 0.3) is 0 Å². The predicted molar refractivity (Wildman–Crippen MR) is 84.6 cm³/mol. The minimum atomic E-state index is -0.146. The van der Waals surface area contributed by atoms with Crippen LogP contribution in [0.5, 0.6) is 0 Å². The molecule has 1 N–H and O–H groups in total. The standard InChI is InChI=1S/C18H27FN2/c1-14-11-20-18(16-5-3-2-4-6-16)13-21(14)12-15-7-9-17(19)10-8-15/h7-10,14,16,18,20H,2-6,11-13H2,1H3. The van der Waals surface area contributed by atoms with Gasteiger partial charge in [0.25, 0.3) is 0 Å². The van der Waals surface area contributed by atoms with E-state index in [-0.39, 0.29) is 5.82 Å². The molecule has 1 saturated heterocycles. The number of nitrogens with one attached hydrogen (secondary N) is 1. The molecule has 2 unspecified atom stereocenters. The van der Waals surface area contributed by atoms with Crippen LogP contribution >= 0.6 is 0 Å². The van der Waals surface area contributed by atoms with Crippen LogP contribution in [0, 0.1) is 11.7 Å². The molecule has 0 aromatic heterocycles. The second-order valence-electron chi connectivity index (χ2n) is 6.82. The van der Waals surface area contributed by atoms with Crippen molar-refractivity contribution in [3.05, 3.63) is 35.6 Å². The van der Waals surface area contributed by atoms with Crippen LogP contribution in [0.1, 0.15) is 44.6 Å². The number of rotatable bonds is 3. The Morgan fingerprint density at radius 1 is 1.14 bits per heavy atom. The van der Waals surface area contributed by atoms with E-state index in [4.69, 9.17) is 0 Å². The SMILES string of the molecule is CC1CNC(C2CCCCC2)CN1Cc1ccc(F)cc1. The van der Waals surface area contributed by atoms with Gasteiger partial charge >= 0.3 is 0 Å². The van der Waals surface area contributed by atoms with E-state index in [0.717, 1.165) is 25.6 Å². The maximum atomic E-state index is 13.0. The number of nitrogens with zero attached hydrogens (tertiary/aromatic N) is 1. The Labute approximate surface area is 127 Å². The van der Waals surface area contributed by atoms with Gasteiger partial charge in [-0.15, -0.1) is 0 Å². The van der Waals surface area contributed by atoms with E-state index in [9.17, 15) is 4.39 Å². The van der Waals surface area contributed by atoms with E-state index in [2.05, 4.69) is 17.1 Å². The third-order valence-corrected chi connectivity index (χ3v) is 5.25. The van der Waals surface area contributed by atoms with Crippen LogP contribution in [-0.4, -0.2) is 30.1 Å². The lowest BCUT2D eigenvalue weighted by Crippen LogP contribution is -2.57. The highest BCUT2D eigenvalue weighted by molar-refractivity contribution is 5.16. The molecule has 3 heteroatoms. The highest BCUT2D eigenvalue weighted by Crippen LogP contribution is 2.28. The van der Waals surface area contributed by atoms with Gasteiger partial charge in [-0.2, -0.15) is 0 Å². The smallest absolute Gasteiger partial charge is 0.123 e. The van der Waals surface area contributed by atoms with E-state index >= 15 is 0 Å². The van der Waals surface area contributed by atoms with Gasteiger partial charge in [0, 0.05) is 31.7 Å². The van der Waals surface area contributed by atoms with Crippen molar-refractivity contribution in [2.75, 3.05) is 13.1 Å². The first-order chi connectivity index (χ1) is 10.2. The largest absolute Gasteiger partial charge is 0.311 e. The quantitative estimate of drug-likeness (QED) is 0.915. The van der Waals surface area contributed by atoms with E-state index in [0.29, 0.717) is 12.1 Å². The van der Waals surface area contributed by atoms with Crippen molar-refractivity contribution in [2.24, 2.45) is 5.92 Å². The minimum absolute atomic E-state index is 0.146. The summed E-state index contributed by atoms with van der Waals surface area (Å²) in [7, 11) is 0. The molecule has 1 aromatic carbocycles. The van der Waals surface area contributed by atoms with Gasteiger partial charge in [0.2, 0.25) is 0 Å². The molecule has 1 saturated carbocycles. The molecule has 2 fully saturated rings. The molecule has 3 rings (SSSR count). The average molecular weight is 290 g/mol. The van der Waals surface area contributed by atoms with Crippen LogP contribution in [-0.2, 0) is 6.54 Å². The van der Waals surface area contributed by atoms with Crippen molar-refractivity contribution in [1.29, 1.82) is 0 Å². The molecule has 2 aliphatic rings. The molecule has 2 nitrogen and oxygen atoms in total. The molecule has 0 spiro atoms. The molecule has 21 heavy (non-hydrogen) atoms. The zero-order valence-corrected chi connectivity index (χ0v) is 13.0. The van der Waals surface area contributed by atoms with Crippen molar-refractivity contribution >= 4 is 0 Å². The summed E-state index contributed by atoms with van der Waals surface area (Å²) < 4.78 is 13.0. The lowest BCUT2D eigenvalue weighted by atomic mass is 9.82. The molecule has 1 heterocycles. The topological polar surface area (TPSA) is 15.3 Å². The van der Waals surface area contributed by atoms with Crippen LogP contribution < -0.4 is 5.32 Å². The molecule has 0 radical (unpaired) electrons. The first-order valence-corrected chi connectivity index (χ1v) is 8.44. The first kappa shape index (κ1) is 15.0. The molecule has 116 valence electrons. The highest BCUT2D eigenvalue weighted by atomic mass is 19.1. The van der Waals surface area contributed by atoms with Crippen molar-refractivity contribution in [1.82, 2.24) is 10.2 Å². The maximum Gasteiger partial charge on any atom is 0.123 e. The van der Waals surface area contributed by atoms with E-state index in [1.54, 1.807) is 12.1 Å². The molecule has 0 bridgehead atoms. The summed E-state index contributed by atoms with van der Waals surface area (Å²) in [5.41, 5.74) is 1.22. The predicted octanol–water partition coefficient (Wildman–Crippen LogP) is 3.57. The fourth-order valence-corrected chi connectivity index (χ4v) is 3.85. The number of halogens is 1. The molecule has 1 aromatic rings. The Morgan fingerprint density at radius 2 is 1.86 bits per heavy atom. The van der Waals surface area contributed by atoms with Gasteiger partial charge in [0.15, 0.2) is 0 Å². The zero-order valence-electron chi connectivity index (χ0n) is 13.0. The number of piperazine rings is 1. The third kappa shape index (κ3) is 3.83. The van der Waals surface area contributed by atoms with Gasteiger partial charge in [0.05, 0.1) is 0 Å². The van der Waals surface area contributed by atoms with E-state index in [1.807, 2.05) is 12.1 Å². The fraction of sp³-hybridized carbons (Fsp3) is 0.667. The Bertz CT molecular complexity index is 439. The van der Waals surface area contributed by atoms with Gasteiger partial charge in [-0.1, -0.05) is 31.4 Å². The summed E-state index contributed by atoms with van der Waals surface area (Å²) in [5, 5.41) is 3.76. The summed E-state index contributed by atoms with van der Waals surface area (Å²) in [6.45, 7) is 5.42. The molecule has 1 aliphatic carbocycles. The summed E-state index contributed by atoms with van der Waals surface area (Å²) in [6, 6.07) is 8.16. The number of benzene rings is 1. The lowest BCUT2D eigenvalue weighted by molar-refractivity contribution is 0.0981. The Morgan fingerprint density at radius 3 is 2.57 bits per heavy atom. The van der Waals surface area contributed by atoms with Gasteiger partial charge in [0.1, 0.15) is 5.82 Å². The van der Waals surface area contributed by atoms with Crippen molar-refractivity contribution in [3.8, 4) is 0 Å². The monoisotopic (exact) mass is 290 g/mol. The molecule has 2 atom stereocenters. The molecule has 1 aliphatic heterocycles. The molecular weight excluding hydrogens is 263 g/mol. The van der Waals surface area contributed by atoms with Crippen molar-refractivity contribution in [2.45, 2.75) is 57.7 Å². The van der Waals surface area contributed by atoms with Crippen LogP contribution in [0.2, 0.25) is 0 Å². The average Bonchev–Trinajstić information content (AvgIpc) is 2.52. The third-order valence-electron chi connectivity index (χ3n) is 5.25. The first-order valence-electron chi connectivity index (χ1n) is 8.44. The Kier molecular flexibility index (Phi) is 4.91. The summed E-state index contributed by atoms with van der Waals surface area (Å²) >= 11 is 0. The number of hydrogen-bond donors (Lipinski definition) is 1. The molecular formula is C18H27FN2. The Hall–Kier alpha value is -0.930. The highest BCUT2D eigenvalue weighted by Gasteiger charge is 2.30. The van der Waals surface area contributed by atoms with Gasteiger partial charge < -0.3 is 5.32 Å². The summed E-state index contributed by atoms with van der Waals surface area (Å²) in [4.78, 5) is 2.56. The lowest BCUT2D eigenvalue weighted by Gasteiger charge is -2.43. The second-order valence-corrected chi connectivity index (χ2v) is 6.82. The maximum absolute atomic E-state index is 13.0. The van der Waals surface area contributed by atoms with Crippen molar-refractivity contribution < 1.29 is 4.39 Å². The zero-order chi connectivity index (χ0) is 14.7. The van der Waals surface area contributed by atoms with Crippen LogP contribution in [0.15, 0.2) is 24.3 Å². The normalized spacial score (nSPS) is 28.7. The summed E-state index contributed by atoms with van der Waals surface area (Å²) in [6.07, 6.45) is 6.98. The van der Waals surface area contributed by atoms with E-state index in [1.165, 1.54) is 37.7 Å². The number of hydrogen-bond acceptors (Lipinski definition) is 2. The Balaban J connectivity index is 1.61. The second kappa shape index (κ2) is 6.89. The van der Waals surface area contributed by atoms with Gasteiger partial charge in [-0.05, 0) is 43.4 Å². The van der Waals surface area contributed by atoms with Gasteiger partial charge in [-0.3, -0.25) is 4.90 Å². The van der Waals surface area contributed by atoms with Crippen LogP contribution in [0.3, 0.4) is 0 Å². The molecule has 0 amide bonds. The van der Waals surface area contributed by atoms with E-state index < -0.39 is 0 Å². The fourth-order valence-electron chi connectivity index (χ4n) is 3.85. The van der Waals surface area contributed by atoms with Gasteiger partial charge in [-0.25, -0.2) is 4.39 Å². The van der Waals surface area contributed by atoms with Crippen LogP contribution in [0.4, 0.5) is 4.39 Å². The summed E-state index contributed by atoms with van der Waals surface area (Å²) in [5.74, 6) is 0.703. The minimum Gasteiger partial charge on any atom is -0.311 e. The van der Waals surface area contributed by atoms with Crippen molar-refractivity contribution in [3.63, 3.8) is 0 Å².